The zero-order valence-electron chi connectivity index (χ0n) is 11.3. The number of nitrogens with two attached hydrogens (primary N) is 1. The van der Waals surface area contributed by atoms with Crippen molar-refractivity contribution in [2.24, 2.45) is 0 Å². The molecule has 0 saturated carbocycles. The van der Waals surface area contributed by atoms with Gasteiger partial charge in [-0.05, 0) is 18.9 Å². The van der Waals surface area contributed by atoms with Crippen LogP contribution in [0.25, 0.3) is 0 Å². The van der Waals surface area contributed by atoms with E-state index in [0.717, 1.165) is 12.8 Å². The number of nitrogens with one attached hydrogen (secondary N) is 2. The minimum absolute atomic E-state index is 0.0781. The molecule has 0 bridgehead atoms. The second kappa shape index (κ2) is 5.08. The molecule has 1 saturated heterocycles. The van der Waals surface area contributed by atoms with E-state index in [1.165, 1.54) is 16.4 Å². The second-order valence-electron chi connectivity index (χ2n) is 4.99. The third-order valence-electron chi connectivity index (χ3n) is 3.43. The Kier molecular flexibility index (Phi) is 3.38. The molecule has 0 spiro atoms. The maximum atomic E-state index is 12.2. The largest absolute Gasteiger partial charge is 0.482 e. The Bertz CT molecular complexity index is 683. The summed E-state index contributed by atoms with van der Waals surface area (Å²) in [5, 5.41) is 2.61. The molecule has 4 N–H and O–H groups in total. The van der Waals surface area contributed by atoms with Crippen molar-refractivity contribution in [2.45, 2.75) is 12.8 Å². The van der Waals surface area contributed by atoms with Gasteiger partial charge in [0.1, 0.15) is 5.75 Å². The molecule has 1 fully saturated rings. The minimum atomic E-state index is -3.63. The van der Waals surface area contributed by atoms with Gasteiger partial charge < -0.3 is 15.8 Å². The number of ether oxygens (including phenoxy) is 1. The van der Waals surface area contributed by atoms with Gasteiger partial charge in [0.25, 0.3) is 5.91 Å². The molecule has 2 aliphatic heterocycles. The molecule has 0 aromatic heterocycles. The number of amides is 1. The van der Waals surface area contributed by atoms with Crippen molar-refractivity contribution in [1.82, 2.24) is 4.31 Å². The number of anilines is 3. The van der Waals surface area contributed by atoms with Crippen LogP contribution in [0.15, 0.2) is 12.1 Å². The molecule has 8 nitrogen and oxygen atoms in total. The first kappa shape index (κ1) is 14.0. The smallest absolute Gasteiger partial charge is 0.301 e. The standard InChI is InChI=1S/C12H16N4O4S/c13-8-5-11-10(14-12(17)7-20-11)6-9(8)15-21(18,19)16-3-1-2-4-16/h5-6,15H,1-4,7,13H2,(H,14,17). The highest BCUT2D eigenvalue weighted by Gasteiger charge is 2.26. The minimum Gasteiger partial charge on any atom is -0.482 e. The van der Waals surface area contributed by atoms with Crippen molar-refractivity contribution in [1.29, 1.82) is 0 Å². The molecule has 0 radical (unpaired) electrons. The number of nitrogen functional groups attached to an aromatic ring is 1. The Balaban J connectivity index is 1.88. The highest BCUT2D eigenvalue weighted by molar-refractivity contribution is 7.90. The van der Waals surface area contributed by atoms with Crippen LogP contribution < -0.4 is 20.5 Å². The van der Waals surface area contributed by atoms with Gasteiger partial charge >= 0.3 is 10.2 Å². The number of carbonyl (C=O) groups excluding carboxylic acids is 1. The van der Waals surface area contributed by atoms with Crippen molar-refractivity contribution >= 4 is 33.2 Å². The summed E-state index contributed by atoms with van der Waals surface area (Å²) in [6.45, 7) is 0.922. The van der Waals surface area contributed by atoms with Gasteiger partial charge in [0, 0.05) is 19.2 Å². The molecule has 0 unspecified atom stereocenters. The SMILES string of the molecule is Nc1cc2c(cc1NS(=O)(=O)N1CCCC1)NC(=O)CO2. The van der Waals surface area contributed by atoms with E-state index in [0.29, 0.717) is 24.5 Å². The van der Waals surface area contributed by atoms with Crippen LogP contribution in [0.4, 0.5) is 17.1 Å². The van der Waals surface area contributed by atoms with Gasteiger partial charge in [-0.15, -0.1) is 0 Å². The van der Waals surface area contributed by atoms with Gasteiger partial charge in [0.15, 0.2) is 6.61 Å². The van der Waals surface area contributed by atoms with Crippen molar-refractivity contribution < 1.29 is 17.9 Å². The molecule has 3 rings (SSSR count). The number of hydrogen-bond acceptors (Lipinski definition) is 5. The van der Waals surface area contributed by atoms with E-state index in [2.05, 4.69) is 10.0 Å². The fraction of sp³-hybridized carbons (Fsp3) is 0.417. The average Bonchev–Trinajstić information content (AvgIpc) is 2.94. The van der Waals surface area contributed by atoms with E-state index >= 15 is 0 Å². The van der Waals surface area contributed by atoms with Crippen LogP contribution in [0.1, 0.15) is 12.8 Å². The Morgan fingerprint density at radius 3 is 2.71 bits per heavy atom. The Morgan fingerprint density at radius 1 is 1.29 bits per heavy atom. The number of carbonyl (C=O) groups is 1. The summed E-state index contributed by atoms with van der Waals surface area (Å²) in [6.07, 6.45) is 1.70. The molecule has 2 heterocycles. The van der Waals surface area contributed by atoms with E-state index in [4.69, 9.17) is 10.5 Å². The number of rotatable bonds is 3. The molecule has 1 aromatic rings. The molecule has 0 atom stereocenters. The topological polar surface area (TPSA) is 114 Å². The second-order valence-corrected chi connectivity index (χ2v) is 6.66. The van der Waals surface area contributed by atoms with Crippen molar-refractivity contribution in [2.75, 3.05) is 35.5 Å². The van der Waals surface area contributed by atoms with Gasteiger partial charge in [0.2, 0.25) is 0 Å². The third-order valence-corrected chi connectivity index (χ3v) is 4.95. The van der Waals surface area contributed by atoms with E-state index < -0.39 is 10.2 Å². The summed E-state index contributed by atoms with van der Waals surface area (Å²) in [5.74, 6) is 0.136. The lowest BCUT2D eigenvalue weighted by atomic mass is 10.2. The quantitative estimate of drug-likeness (QED) is 0.697. The first-order valence-corrected chi connectivity index (χ1v) is 8.04. The van der Waals surface area contributed by atoms with E-state index in [9.17, 15) is 13.2 Å². The van der Waals surface area contributed by atoms with Crippen LogP contribution in [0.5, 0.6) is 5.75 Å². The Labute approximate surface area is 122 Å². The lowest BCUT2D eigenvalue weighted by Gasteiger charge is -2.22. The van der Waals surface area contributed by atoms with Crippen LogP contribution in [-0.4, -0.2) is 38.3 Å². The zero-order valence-corrected chi connectivity index (χ0v) is 12.1. The molecular weight excluding hydrogens is 296 g/mol. The lowest BCUT2D eigenvalue weighted by molar-refractivity contribution is -0.118. The molecule has 114 valence electrons. The van der Waals surface area contributed by atoms with E-state index in [-0.39, 0.29) is 23.9 Å². The van der Waals surface area contributed by atoms with Crippen molar-refractivity contribution in [3.8, 4) is 5.75 Å². The molecule has 9 heteroatoms. The Hall–Kier alpha value is -2.00. The first-order valence-electron chi connectivity index (χ1n) is 6.60. The van der Waals surface area contributed by atoms with Gasteiger partial charge in [-0.1, -0.05) is 0 Å². The summed E-state index contributed by atoms with van der Waals surface area (Å²) in [4.78, 5) is 11.3. The predicted molar refractivity (Wildman–Crippen MR) is 78.3 cm³/mol. The van der Waals surface area contributed by atoms with Crippen LogP contribution >= 0.6 is 0 Å². The number of benzene rings is 1. The molecule has 0 aliphatic carbocycles. The Morgan fingerprint density at radius 2 is 2.00 bits per heavy atom. The zero-order chi connectivity index (χ0) is 15.0. The maximum Gasteiger partial charge on any atom is 0.301 e. The number of hydrogen-bond donors (Lipinski definition) is 3. The number of fused-ring (bicyclic) bond motifs is 1. The number of nitrogens with zero attached hydrogens (tertiary/aromatic N) is 1. The van der Waals surface area contributed by atoms with E-state index in [1.54, 1.807) is 0 Å². The van der Waals surface area contributed by atoms with Gasteiger partial charge in [0.05, 0.1) is 17.1 Å². The highest BCUT2D eigenvalue weighted by Crippen LogP contribution is 2.35. The molecule has 1 aromatic carbocycles. The van der Waals surface area contributed by atoms with Gasteiger partial charge in [-0.3, -0.25) is 9.52 Å². The molecule has 2 aliphatic rings. The lowest BCUT2D eigenvalue weighted by Crippen LogP contribution is -2.33. The molecular formula is C12H16N4O4S. The summed E-state index contributed by atoms with van der Waals surface area (Å²) >= 11 is 0. The van der Waals surface area contributed by atoms with Crippen LogP contribution in [0.2, 0.25) is 0 Å². The van der Waals surface area contributed by atoms with Crippen LogP contribution in [0.3, 0.4) is 0 Å². The normalized spacial score (nSPS) is 18.8. The summed E-state index contributed by atoms with van der Waals surface area (Å²) in [6, 6.07) is 2.96. The van der Waals surface area contributed by atoms with Crippen LogP contribution in [0, 0.1) is 0 Å². The van der Waals surface area contributed by atoms with Gasteiger partial charge in [-0.25, -0.2) is 0 Å². The highest BCUT2D eigenvalue weighted by atomic mass is 32.2. The fourth-order valence-electron chi connectivity index (χ4n) is 2.36. The summed E-state index contributed by atoms with van der Waals surface area (Å²) < 4.78 is 33.5. The fourth-order valence-corrected chi connectivity index (χ4v) is 3.69. The van der Waals surface area contributed by atoms with Crippen molar-refractivity contribution in [3.05, 3.63) is 12.1 Å². The molecule has 1 amide bonds. The van der Waals surface area contributed by atoms with Crippen LogP contribution in [-0.2, 0) is 15.0 Å². The van der Waals surface area contributed by atoms with Crippen molar-refractivity contribution in [3.63, 3.8) is 0 Å². The third kappa shape index (κ3) is 2.74. The maximum absolute atomic E-state index is 12.2. The first-order chi connectivity index (χ1) is 9.95. The van der Waals surface area contributed by atoms with Gasteiger partial charge in [-0.2, -0.15) is 12.7 Å². The molecule has 21 heavy (non-hydrogen) atoms. The average molecular weight is 312 g/mol. The summed E-state index contributed by atoms with van der Waals surface area (Å²) in [7, 11) is -3.63. The predicted octanol–water partition coefficient (Wildman–Crippen LogP) is 0.352. The van der Waals surface area contributed by atoms with E-state index in [1.807, 2.05) is 0 Å². The summed E-state index contributed by atoms with van der Waals surface area (Å²) in [5.41, 5.74) is 6.72. The monoisotopic (exact) mass is 312 g/mol.